The second kappa shape index (κ2) is 3.83. The summed E-state index contributed by atoms with van der Waals surface area (Å²) in [7, 11) is 0. The minimum atomic E-state index is -0.786. The van der Waals surface area contributed by atoms with Gasteiger partial charge in [0.05, 0.1) is 5.41 Å². The van der Waals surface area contributed by atoms with Crippen LogP contribution in [0.2, 0.25) is 0 Å². The molecular formula is C14H15NO3. The minimum Gasteiger partial charge on any atom is -0.481 e. The molecule has 1 heterocycles. The number of carbonyl (C=O) groups is 1. The first kappa shape index (κ1) is 11.3. The van der Waals surface area contributed by atoms with Crippen LogP contribution in [0, 0.1) is 6.92 Å². The predicted octanol–water partition coefficient (Wildman–Crippen LogP) is 3.03. The zero-order chi connectivity index (χ0) is 12.8. The van der Waals surface area contributed by atoms with Crippen LogP contribution in [-0.2, 0) is 10.2 Å². The largest absolute Gasteiger partial charge is 0.481 e. The third-order valence-corrected chi connectivity index (χ3v) is 3.90. The molecule has 0 unspecified atom stereocenters. The molecule has 1 fully saturated rings. The highest BCUT2D eigenvalue weighted by atomic mass is 16.4. The van der Waals surface area contributed by atoms with Gasteiger partial charge in [-0.1, -0.05) is 25.0 Å². The number of aryl methyl sites for hydroxylation is 1. The van der Waals surface area contributed by atoms with Gasteiger partial charge in [0.1, 0.15) is 5.52 Å². The molecule has 4 heteroatoms. The Bertz CT molecular complexity index is 609. The van der Waals surface area contributed by atoms with E-state index in [0.717, 1.165) is 23.9 Å². The van der Waals surface area contributed by atoms with Crippen molar-refractivity contribution in [2.45, 2.75) is 38.0 Å². The summed E-state index contributed by atoms with van der Waals surface area (Å²) >= 11 is 0. The molecule has 0 aliphatic heterocycles. The van der Waals surface area contributed by atoms with E-state index in [4.69, 9.17) is 4.42 Å². The number of fused-ring (bicyclic) bond motifs is 1. The van der Waals surface area contributed by atoms with E-state index >= 15 is 0 Å². The maximum Gasteiger partial charge on any atom is 0.314 e. The van der Waals surface area contributed by atoms with Crippen LogP contribution in [0.1, 0.15) is 37.1 Å². The molecule has 4 nitrogen and oxygen atoms in total. The van der Waals surface area contributed by atoms with Crippen LogP contribution >= 0.6 is 0 Å². The summed E-state index contributed by atoms with van der Waals surface area (Å²) in [6.45, 7) is 1.78. The fourth-order valence-corrected chi connectivity index (χ4v) is 3.01. The molecule has 0 spiro atoms. The Kier molecular flexibility index (Phi) is 2.40. The second-order valence-corrected chi connectivity index (χ2v) is 4.98. The van der Waals surface area contributed by atoms with Crippen LogP contribution < -0.4 is 0 Å². The van der Waals surface area contributed by atoms with E-state index in [-0.39, 0.29) is 0 Å². The van der Waals surface area contributed by atoms with Crippen molar-refractivity contribution in [2.24, 2.45) is 0 Å². The molecule has 0 radical (unpaired) electrons. The third kappa shape index (κ3) is 1.45. The van der Waals surface area contributed by atoms with Gasteiger partial charge in [-0.15, -0.1) is 0 Å². The number of para-hydroxylation sites is 1. The number of benzene rings is 1. The van der Waals surface area contributed by atoms with Crippen LogP contribution in [-0.4, -0.2) is 16.1 Å². The fourth-order valence-electron chi connectivity index (χ4n) is 3.01. The quantitative estimate of drug-likeness (QED) is 0.883. The van der Waals surface area contributed by atoms with Gasteiger partial charge in [0, 0.05) is 12.5 Å². The van der Waals surface area contributed by atoms with E-state index in [1.165, 1.54) is 0 Å². The molecule has 0 bridgehead atoms. The van der Waals surface area contributed by atoms with Crippen molar-refractivity contribution in [1.82, 2.24) is 4.98 Å². The number of hydrogen-bond donors (Lipinski definition) is 1. The number of aliphatic carboxylic acids is 1. The van der Waals surface area contributed by atoms with Crippen LogP contribution in [0.3, 0.4) is 0 Å². The molecule has 1 aromatic heterocycles. The number of aromatic nitrogens is 1. The highest BCUT2D eigenvalue weighted by Crippen LogP contribution is 2.44. The molecule has 94 valence electrons. The van der Waals surface area contributed by atoms with Gasteiger partial charge in [-0.05, 0) is 18.9 Å². The Hall–Kier alpha value is -1.84. The number of carboxylic acid groups (broad SMARTS) is 1. The molecule has 0 saturated heterocycles. The Morgan fingerprint density at radius 2 is 2.11 bits per heavy atom. The number of rotatable bonds is 2. The van der Waals surface area contributed by atoms with Crippen molar-refractivity contribution in [2.75, 3.05) is 0 Å². The maximum absolute atomic E-state index is 11.7. The topological polar surface area (TPSA) is 63.3 Å². The predicted molar refractivity (Wildman–Crippen MR) is 66.5 cm³/mol. The average molecular weight is 245 g/mol. The van der Waals surface area contributed by atoms with Crippen molar-refractivity contribution in [3.63, 3.8) is 0 Å². The Morgan fingerprint density at radius 3 is 2.78 bits per heavy atom. The summed E-state index contributed by atoms with van der Waals surface area (Å²) in [6.07, 6.45) is 3.27. The lowest BCUT2D eigenvalue weighted by molar-refractivity contribution is -0.143. The first-order valence-corrected chi connectivity index (χ1v) is 6.23. The SMILES string of the molecule is Cc1nc2cccc(C3(C(=O)O)CCCC3)c2o1. The summed E-state index contributed by atoms with van der Waals surface area (Å²) in [5, 5.41) is 9.62. The van der Waals surface area contributed by atoms with Gasteiger partial charge < -0.3 is 9.52 Å². The number of hydrogen-bond acceptors (Lipinski definition) is 3. The number of oxazole rings is 1. The molecule has 1 saturated carbocycles. The van der Waals surface area contributed by atoms with Crippen molar-refractivity contribution in [3.05, 3.63) is 29.7 Å². The van der Waals surface area contributed by atoms with E-state index in [2.05, 4.69) is 4.98 Å². The van der Waals surface area contributed by atoms with Crippen molar-refractivity contribution < 1.29 is 14.3 Å². The Morgan fingerprint density at radius 1 is 1.39 bits per heavy atom. The van der Waals surface area contributed by atoms with Crippen LogP contribution in [0.5, 0.6) is 0 Å². The van der Waals surface area contributed by atoms with Crippen molar-refractivity contribution in [3.8, 4) is 0 Å². The molecule has 18 heavy (non-hydrogen) atoms. The number of carboxylic acids is 1. The lowest BCUT2D eigenvalue weighted by atomic mass is 9.78. The van der Waals surface area contributed by atoms with Crippen LogP contribution in [0.4, 0.5) is 0 Å². The lowest BCUT2D eigenvalue weighted by Gasteiger charge is -2.24. The molecule has 0 amide bonds. The molecule has 1 aliphatic rings. The summed E-state index contributed by atoms with van der Waals surface area (Å²) in [6, 6.07) is 5.59. The van der Waals surface area contributed by atoms with Gasteiger partial charge in [-0.3, -0.25) is 4.79 Å². The first-order chi connectivity index (χ1) is 8.63. The summed E-state index contributed by atoms with van der Waals surface area (Å²) < 4.78 is 5.61. The minimum absolute atomic E-state index is 0.580. The summed E-state index contributed by atoms with van der Waals surface area (Å²) in [4.78, 5) is 16.0. The summed E-state index contributed by atoms with van der Waals surface area (Å²) in [5.74, 6) is -0.169. The van der Waals surface area contributed by atoms with E-state index < -0.39 is 11.4 Å². The monoisotopic (exact) mass is 245 g/mol. The van der Waals surface area contributed by atoms with E-state index in [1.54, 1.807) is 6.92 Å². The maximum atomic E-state index is 11.7. The Labute approximate surface area is 105 Å². The molecule has 2 aromatic rings. The normalized spacial score (nSPS) is 18.3. The van der Waals surface area contributed by atoms with E-state index in [1.807, 2.05) is 18.2 Å². The highest BCUT2D eigenvalue weighted by Gasteiger charge is 2.44. The van der Waals surface area contributed by atoms with Gasteiger partial charge >= 0.3 is 5.97 Å². The first-order valence-electron chi connectivity index (χ1n) is 6.23. The zero-order valence-corrected chi connectivity index (χ0v) is 10.3. The van der Waals surface area contributed by atoms with Gasteiger partial charge in [-0.25, -0.2) is 4.98 Å². The van der Waals surface area contributed by atoms with E-state index in [9.17, 15) is 9.90 Å². The summed E-state index contributed by atoms with van der Waals surface area (Å²) in [5.41, 5.74) is 1.38. The zero-order valence-electron chi connectivity index (χ0n) is 10.3. The molecule has 0 atom stereocenters. The highest BCUT2D eigenvalue weighted by molar-refractivity contribution is 5.89. The fraction of sp³-hybridized carbons (Fsp3) is 0.429. The third-order valence-electron chi connectivity index (χ3n) is 3.90. The Balaban J connectivity index is 2.26. The van der Waals surface area contributed by atoms with Gasteiger partial charge in [0.2, 0.25) is 0 Å². The second-order valence-electron chi connectivity index (χ2n) is 4.98. The van der Waals surface area contributed by atoms with Crippen molar-refractivity contribution in [1.29, 1.82) is 0 Å². The molecule has 1 aliphatic carbocycles. The number of nitrogens with zero attached hydrogens (tertiary/aromatic N) is 1. The van der Waals surface area contributed by atoms with Crippen molar-refractivity contribution >= 4 is 17.1 Å². The smallest absolute Gasteiger partial charge is 0.314 e. The molecule has 1 N–H and O–H groups in total. The average Bonchev–Trinajstić information content (AvgIpc) is 2.93. The van der Waals surface area contributed by atoms with Gasteiger partial charge in [0.25, 0.3) is 0 Å². The van der Waals surface area contributed by atoms with Crippen LogP contribution in [0.25, 0.3) is 11.1 Å². The van der Waals surface area contributed by atoms with Gasteiger partial charge in [-0.2, -0.15) is 0 Å². The molecular weight excluding hydrogens is 230 g/mol. The van der Waals surface area contributed by atoms with Crippen LogP contribution in [0.15, 0.2) is 22.6 Å². The standard InChI is InChI=1S/C14H15NO3/c1-9-15-11-6-4-5-10(12(11)18-9)14(13(16)17)7-2-3-8-14/h4-6H,2-3,7-8H2,1H3,(H,16,17). The molecule has 3 rings (SSSR count). The van der Waals surface area contributed by atoms with Gasteiger partial charge in [0.15, 0.2) is 11.5 Å². The van der Waals surface area contributed by atoms with E-state index in [0.29, 0.717) is 24.3 Å². The lowest BCUT2D eigenvalue weighted by Crippen LogP contribution is -2.32. The molecule has 1 aromatic carbocycles.